The van der Waals surface area contributed by atoms with E-state index in [-0.39, 0.29) is 17.3 Å². The summed E-state index contributed by atoms with van der Waals surface area (Å²) in [5, 5.41) is 10.6. The highest BCUT2D eigenvalue weighted by Gasteiger charge is 2.42. The third-order valence-corrected chi connectivity index (χ3v) is 4.21. The molecular formula is C9H15NO3S. The average Bonchev–Trinajstić information content (AvgIpc) is 2.74. The van der Waals surface area contributed by atoms with Crippen LogP contribution in [0.25, 0.3) is 0 Å². The minimum absolute atomic E-state index is 0.0107. The summed E-state index contributed by atoms with van der Waals surface area (Å²) in [5.74, 6) is 1.05. The first-order valence-electron chi connectivity index (χ1n) is 4.89. The molecule has 80 valence electrons. The SMILES string of the molecule is CC1(C(=O)N2C[C@@H](O)CO2)CCCS1. The summed E-state index contributed by atoms with van der Waals surface area (Å²) in [5.41, 5.74) is 0. The van der Waals surface area contributed by atoms with Crippen molar-refractivity contribution in [3.63, 3.8) is 0 Å². The van der Waals surface area contributed by atoms with Gasteiger partial charge in [-0.05, 0) is 25.5 Å². The topological polar surface area (TPSA) is 49.8 Å². The number of thioether (sulfide) groups is 1. The van der Waals surface area contributed by atoms with Gasteiger partial charge in [0, 0.05) is 0 Å². The number of carbonyl (C=O) groups is 1. The van der Waals surface area contributed by atoms with E-state index in [4.69, 9.17) is 4.84 Å². The lowest BCUT2D eigenvalue weighted by Gasteiger charge is -2.26. The van der Waals surface area contributed by atoms with Gasteiger partial charge in [-0.15, -0.1) is 11.8 Å². The second kappa shape index (κ2) is 3.72. The zero-order valence-corrected chi connectivity index (χ0v) is 9.05. The molecular weight excluding hydrogens is 202 g/mol. The fourth-order valence-corrected chi connectivity index (χ4v) is 3.08. The minimum Gasteiger partial charge on any atom is -0.389 e. The summed E-state index contributed by atoms with van der Waals surface area (Å²) in [6, 6.07) is 0. The van der Waals surface area contributed by atoms with E-state index in [0.717, 1.165) is 18.6 Å². The molecule has 4 nitrogen and oxygen atoms in total. The van der Waals surface area contributed by atoms with Crippen LogP contribution in [0.1, 0.15) is 19.8 Å². The molecule has 1 amide bonds. The first-order chi connectivity index (χ1) is 6.62. The molecule has 0 aliphatic carbocycles. The molecule has 2 aliphatic heterocycles. The van der Waals surface area contributed by atoms with Gasteiger partial charge in [-0.2, -0.15) is 0 Å². The molecule has 1 N–H and O–H groups in total. The number of nitrogens with zero attached hydrogens (tertiary/aromatic N) is 1. The number of amides is 1. The van der Waals surface area contributed by atoms with Crippen LogP contribution < -0.4 is 0 Å². The van der Waals surface area contributed by atoms with Crippen LogP contribution in [-0.2, 0) is 9.63 Å². The van der Waals surface area contributed by atoms with Gasteiger partial charge in [0.1, 0.15) is 6.61 Å². The molecule has 0 bridgehead atoms. The standard InChI is InChI=1S/C9H15NO3S/c1-9(3-2-4-14-9)8(12)10-5-7(11)6-13-10/h7,11H,2-6H2,1H3/t7-,9?/m1/s1. The number of hydroxylamine groups is 2. The molecule has 0 spiro atoms. The van der Waals surface area contributed by atoms with Crippen LogP contribution in [0.3, 0.4) is 0 Å². The highest BCUT2D eigenvalue weighted by atomic mass is 32.2. The Labute approximate surface area is 87.6 Å². The molecule has 0 saturated carbocycles. The van der Waals surface area contributed by atoms with Gasteiger partial charge in [0.05, 0.1) is 17.4 Å². The van der Waals surface area contributed by atoms with Crippen molar-refractivity contribution in [3.05, 3.63) is 0 Å². The van der Waals surface area contributed by atoms with Crippen molar-refractivity contribution < 1.29 is 14.7 Å². The number of β-amino-alcohol motifs (C(OH)–C–C–N with tert-alkyl or cyclic N) is 1. The molecule has 0 aromatic carbocycles. The van der Waals surface area contributed by atoms with E-state index < -0.39 is 6.10 Å². The van der Waals surface area contributed by atoms with Crippen LogP contribution in [0.15, 0.2) is 0 Å². The van der Waals surface area contributed by atoms with Crippen molar-refractivity contribution in [2.45, 2.75) is 30.6 Å². The fraction of sp³-hybridized carbons (Fsp3) is 0.889. The monoisotopic (exact) mass is 217 g/mol. The summed E-state index contributed by atoms with van der Waals surface area (Å²) in [7, 11) is 0. The molecule has 14 heavy (non-hydrogen) atoms. The molecule has 2 fully saturated rings. The Hall–Kier alpha value is -0.260. The lowest BCUT2D eigenvalue weighted by atomic mass is 10.0. The van der Waals surface area contributed by atoms with Crippen LogP contribution >= 0.6 is 11.8 Å². The fourth-order valence-electron chi connectivity index (χ4n) is 1.83. The van der Waals surface area contributed by atoms with Crippen molar-refractivity contribution in [1.29, 1.82) is 0 Å². The molecule has 0 aromatic rings. The van der Waals surface area contributed by atoms with Crippen LogP contribution in [0.5, 0.6) is 0 Å². The quantitative estimate of drug-likeness (QED) is 0.691. The summed E-state index contributed by atoms with van der Waals surface area (Å²) in [4.78, 5) is 17.1. The second-order valence-corrected chi connectivity index (χ2v) is 5.60. The number of hydrogen-bond donors (Lipinski definition) is 1. The Morgan fingerprint density at radius 1 is 1.71 bits per heavy atom. The van der Waals surface area contributed by atoms with E-state index in [0.29, 0.717) is 6.54 Å². The molecule has 2 atom stereocenters. The van der Waals surface area contributed by atoms with Crippen molar-refractivity contribution in [3.8, 4) is 0 Å². The zero-order valence-electron chi connectivity index (χ0n) is 8.23. The molecule has 0 radical (unpaired) electrons. The van der Waals surface area contributed by atoms with Gasteiger partial charge in [-0.25, -0.2) is 5.06 Å². The predicted octanol–water partition coefficient (Wildman–Crippen LogP) is 0.407. The van der Waals surface area contributed by atoms with Crippen LogP contribution in [0.2, 0.25) is 0 Å². The number of aliphatic hydroxyl groups is 1. The Kier molecular flexibility index (Phi) is 2.72. The number of hydrogen-bond acceptors (Lipinski definition) is 4. The molecule has 5 heteroatoms. The Bertz CT molecular complexity index is 240. The second-order valence-electron chi connectivity index (χ2n) is 4.00. The van der Waals surface area contributed by atoms with E-state index in [1.165, 1.54) is 5.06 Å². The van der Waals surface area contributed by atoms with Crippen LogP contribution in [-0.4, -0.2) is 45.8 Å². The summed E-state index contributed by atoms with van der Waals surface area (Å²) in [6.45, 7) is 2.52. The Morgan fingerprint density at radius 3 is 3.00 bits per heavy atom. The minimum atomic E-state index is -0.519. The Balaban J connectivity index is 2.00. The molecule has 1 unspecified atom stereocenters. The van der Waals surface area contributed by atoms with Crippen molar-refractivity contribution >= 4 is 17.7 Å². The predicted molar refractivity (Wildman–Crippen MR) is 53.8 cm³/mol. The lowest BCUT2D eigenvalue weighted by molar-refractivity contribution is -0.171. The van der Waals surface area contributed by atoms with Gasteiger partial charge >= 0.3 is 0 Å². The maximum atomic E-state index is 12.0. The number of rotatable bonds is 1. The van der Waals surface area contributed by atoms with E-state index in [2.05, 4.69) is 0 Å². The zero-order chi connectivity index (χ0) is 10.2. The normalized spacial score (nSPS) is 37.9. The smallest absolute Gasteiger partial charge is 0.262 e. The highest BCUT2D eigenvalue weighted by Crippen LogP contribution is 2.39. The summed E-state index contributed by atoms with van der Waals surface area (Å²) < 4.78 is -0.329. The Morgan fingerprint density at radius 2 is 2.50 bits per heavy atom. The average molecular weight is 217 g/mol. The van der Waals surface area contributed by atoms with Crippen LogP contribution in [0.4, 0.5) is 0 Å². The van der Waals surface area contributed by atoms with Crippen molar-refractivity contribution in [1.82, 2.24) is 5.06 Å². The van der Waals surface area contributed by atoms with Gasteiger partial charge in [0.2, 0.25) is 0 Å². The maximum absolute atomic E-state index is 12.0. The van der Waals surface area contributed by atoms with Gasteiger partial charge in [-0.1, -0.05) is 0 Å². The molecule has 2 heterocycles. The molecule has 2 saturated heterocycles. The van der Waals surface area contributed by atoms with Gasteiger partial charge in [-0.3, -0.25) is 9.63 Å². The number of aliphatic hydroxyl groups excluding tert-OH is 1. The van der Waals surface area contributed by atoms with Gasteiger partial charge < -0.3 is 5.11 Å². The van der Waals surface area contributed by atoms with Crippen LogP contribution in [0, 0.1) is 0 Å². The van der Waals surface area contributed by atoms with E-state index in [9.17, 15) is 9.90 Å². The van der Waals surface area contributed by atoms with Crippen molar-refractivity contribution in [2.75, 3.05) is 18.9 Å². The largest absolute Gasteiger partial charge is 0.389 e. The van der Waals surface area contributed by atoms with Gasteiger partial charge in [0.15, 0.2) is 0 Å². The third kappa shape index (κ3) is 1.76. The molecule has 0 aromatic heterocycles. The molecule has 2 aliphatic rings. The third-order valence-electron chi connectivity index (χ3n) is 2.70. The van der Waals surface area contributed by atoms with E-state index >= 15 is 0 Å². The van der Waals surface area contributed by atoms with Crippen molar-refractivity contribution in [2.24, 2.45) is 0 Å². The summed E-state index contributed by atoms with van der Waals surface area (Å²) in [6.07, 6.45) is 1.48. The summed E-state index contributed by atoms with van der Waals surface area (Å²) >= 11 is 1.69. The first kappa shape index (κ1) is 10.3. The van der Waals surface area contributed by atoms with E-state index in [1.54, 1.807) is 11.8 Å². The number of carbonyl (C=O) groups excluding carboxylic acids is 1. The van der Waals surface area contributed by atoms with E-state index in [1.807, 2.05) is 6.92 Å². The molecule has 2 rings (SSSR count). The lowest BCUT2D eigenvalue weighted by Crippen LogP contribution is -2.42. The first-order valence-corrected chi connectivity index (χ1v) is 5.87. The maximum Gasteiger partial charge on any atom is 0.262 e. The van der Waals surface area contributed by atoms with Gasteiger partial charge in [0.25, 0.3) is 5.91 Å². The highest BCUT2D eigenvalue weighted by molar-refractivity contribution is 8.01.